The molecular weight excluding hydrogens is 591 g/mol. The number of sulfone groups is 1. The van der Waals surface area contributed by atoms with E-state index in [9.17, 15) is 27.9 Å². The van der Waals surface area contributed by atoms with Crippen molar-refractivity contribution in [2.24, 2.45) is 4.99 Å². The van der Waals surface area contributed by atoms with E-state index in [0.717, 1.165) is 6.26 Å². The zero-order valence-corrected chi connectivity index (χ0v) is 24.1. The number of amides is 2. The van der Waals surface area contributed by atoms with Gasteiger partial charge in [0.1, 0.15) is 6.04 Å². The van der Waals surface area contributed by atoms with E-state index in [1.54, 1.807) is 17.0 Å². The van der Waals surface area contributed by atoms with Gasteiger partial charge in [-0.05, 0) is 41.3 Å². The number of benzene rings is 2. The summed E-state index contributed by atoms with van der Waals surface area (Å²) in [4.78, 5) is 44.6. The lowest BCUT2D eigenvalue weighted by Gasteiger charge is -2.30. The van der Waals surface area contributed by atoms with Gasteiger partial charge in [-0.2, -0.15) is 0 Å². The molecule has 2 aliphatic heterocycles. The van der Waals surface area contributed by atoms with Crippen LogP contribution in [0.1, 0.15) is 27.0 Å². The van der Waals surface area contributed by atoms with Crippen molar-refractivity contribution in [1.82, 2.24) is 15.5 Å². The van der Waals surface area contributed by atoms with Crippen molar-refractivity contribution in [3.63, 3.8) is 0 Å². The fourth-order valence-electron chi connectivity index (χ4n) is 5.07. The average molecular weight is 618 g/mol. The van der Waals surface area contributed by atoms with Gasteiger partial charge in [-0.15, -0.1) is 0 Å². The largest absolute Gasteiger partial charge is 0.480 e. The minimum atomic E-state index is -3.50. The Kier molecular flexibility index (Phi) is 7.95. The number of hydrogen-bond donors (Lipinski definition) is 3. The average Bonchev–Trinajstić information content (AvgIpc) is 3.36. The number of fused-ring (bicyclic) bond motifs is 2. The van der Waals surface area contributed by atoms with Gasteiger partial charge in [-0.3, -0.25) is 14.6 Å². The third-order valence-electron chi connectivity index (χ3n) is 7.18. The number of amidine groups is 1. The fourth-order valence-corrected chi connectivity index (χ4v) is 6.52. The number of aliphatic carboxylic acids is 1. The SMILES string of the molecule is CS(=O)(=O)c1cccc(C[C@H](NC(=O)c2c(Cl)cc3c(c2Cl)CCN(C(=O)C2=NC4C=CC=CC4N2)C3)C(=O)O)c1. The lowest BCUT2D eigenvalue weighted by molar-refractivity contribution is -0.139. The molecule has 10 nitrogen and oxygen atoms in total. The van der Waals surface area contributed by atoms with Crippen molar-refractivity contribution >= 4 is 56.7 Å². The van der Waals surface area contributed by atoms with Crippen molar-refractivity contribution in [1.29, 1.82) is 0 Å². The van der Waals surface area contributed by atoms with E-state index in [-0.39, 0.29) is 57.3 Å². The standard InChI is InChI=1S/C28H26Cl2N4O6S/c1-41(39,40)17-6-4-5-15(11-17)12-22(28(37)38)33-26(35)23-19(29)13-16-14-34(10-9-18(16)24(23)30)27(36)25-31-20-7-2-3-8-21(20)32-25/h2-8,11,13,20-22H,9-10,12,14H2,1H3,(H,31,32)(H,33,35)(H,37,38)/t20?,21?,22-/m0/s1. The van der Waals surface area contributed by atoms with Gasteiger partial charge in [0, 0.05) is 25.8 Å². The zero-order chi connectivity index (χ0) is 29.5. The molecule has 2 amide bonds. The number of hydrogen-bond acceptors (Lipinski definition) is 7. The molecule has 0 fully saturated rings. The summed E-state index contributed by atoms with van der Waals surface area (Å²) >= 11 is 13.1. The summed E-state index contributed by atoms with van der Waals surface area (Å²) in [5.74, 6) is -2.04. The summed E-state index contributed by atoms with van der Waals surface area (Å²) < 4.78 is 23.8. The van der Waals surface area contributed by atoms with Crippen LogP contribution in [0.5, 0.6) is 0 Å². The Bertz CT molecular complexity index is 1650. The van der Waals surface area contributed by atoms with Gasteiger partial charge < -0.3 is 20.6 Å². The number of carbonyl (C=O) groups is 3. The van der Waals surface area contributed by atoms with Crippen LogP contribution in [-0.4, -0.2) is 73.0 Å². The first-order valence-electron chi connectivity index (χ1n) is 12.7. The van der Waals surface area contributed by atoms with E-state index in [1.807, 2.05) is 24.3 Å². The molecule has 0 saturated carbocycles. The predicted molar refractivity (Wildman–Crippen MR) is 154 cm³/mol. The predicted octanol–water partition coefficient (Wildman–Crippen LogP) is 2.57. The van der Waals surface area contributed by atoms with Crippen LogP contribution >= 0.6 is 23.2 Å². The van der Waals surface area contributed by atoms with E-state index in [4.69, 9.17) is 23.2 Å². The maximum atomic E-state index is 13.2. The molecule has 5 rings (SSSR count). The van der Waals surface area contributed by atoms with Gasteiger partial charge >= 0.3 is 5.97 Å². The van der Waals surface area contributed by atoms with E-state index in [0.29, 0.717) is 29.7 Å². The topological polar surface area (TPSA) is 145 Å². The second-order valence-corrected chi connectivity index (χ2v) is 12.9. The molecule has 41 heavy (non-hydrogen) atoms. The lowest BCUT2D eigenvalue weighted by atomic mass is 9.96. The maximum Gasteiger partial charge on any atom is 0.326 e. The Morgan fingerprint density at radius 2 is 1.95 bits per heavy atom. The molecule has 2 heterocycles. The molecule has 0 radical (unpaired) electrons. The number of carboxylic acid groups (broad SMARTS) is 1. The highest BCUT2D eigenvalue weighted by Gasteiger charge is 2.34. The van der Waals surface area contributed by atoms with E-state index in [2.05, 4.69) is 15.6 Å². The van der Waals surface area contributed by atoms with Crippen LogP contribution in [0.15, 0.2) is 64.5 Å². The van der Waals surface area contributed by atoms with Crippen LogP contribution in [0.4, 0.5) is 0 Å². The Labute approximate surface area is 246 Å². The summed E-state index contributed by atoms with van der Waals surface area (Å²) in [6, 6.07) is 5.88. The Balaban J connectivity index is 1.32. The molecule has 0 spiro atoms. The van der Waals surface area contributed by atoms with Crippen molar-refractivity contribution in [3.05, 3.63) is 86.9 Å². The molecular formula is C28H26Cl2N4O6S. The smallest absolute Gasteiger partial charge is 0.326 e. The van der Waals surface area contributed by atoms with Gasteiger partial charge in [0.25, 0.3) is 11.8 Å². The Morgan fingerprint density at radius 3 is 2.66 bits per heavy atom. The highest BCUT2D eigenvalue weighted by Crippen LogP contribution is 2.35. The van der Waals surface area contributed by atoms with E-state index >= 15 is 0 Å². The number of nitrogens with zero attached hydrogens (tertiary/aromatic N) is 2. The molecule has 2 aromatic carbocycles. The van der Waals surface area contributed by atoms with Gasteiger partial charge in [0.2, 0.25) is 0 Å². The normalized spacial score (nSPS) is 20.0. The van der Waals surface area contributed by atoms with Gasteiger partial charge in [0.05, 0.1) is 32.6 Å². The van der Waals surface area contributed by atoms with Crippen LogP contribution in [-0.2, 0) is 38.8 Å². The molecule has 13 heteroatoms. The number of carbonyl (C=O) groups excluding carboxylic acids is 2. The monoisotopic (exact) mass is 616 g/mol. The van der Waals surface area contributed by atoms with Crippen molar-refractivity contribution in [2.75, 3.05) is 12.8 Å². The molecule has 0 saturated heterocycles. The van der Waals surface area contributed by atoms with Crippen LogP contribution < -0.4 is 10.6 Å². The van der Waals surface area contributed by atoms with Gasteiger partial charge in [-0.25, -0.2) is 13.2 Å². The van der Waals surface area contributed by atoms with Gasteiger partial charge in [-0.1, -0.05) is 59.6 Å². The highest BCUT2D eigenvalue weighted by molar-refractivity contribution is 7.90. The number of allylic oxidation sites excluding steroid dienone is 2. The number of rotatable bonds is 7. The maximum absolute atomic E-state index is 13.2. The second-order valence-electron chi connectivity index (χ2n) is 10.1. The number of nitrogens with one attached hydrogen (secondary N) is 2. The number of aliphatic imine (C=N–C) groups is 1. The Hall–Kier alpha value is -3.67. The van der Waals surface area contributed by atoms with E-state index in [1.165, 1.54) is 18.2 Å². The number of carboxylic acids is 1. The first-order chi connectivity index (χ1) is 19.4. The molecule has 3 atom stereocenters. The van der Waals surface area contributed by atoms with Crippen LogP contribution in [0.25, 0.3) is 0 Å². The first kappa shape index (κ1) is 28.8. The minimum Gasteiger partial charge on any atom is -0.480 e. The summed E-state index contributed by atoms with van der Waals surface area (Å²) in [6.07, 6.45) is 8.93. The quantitative estimate of drug-likeness (QED) is 0.433. The van der Waals surface area contributed by atoms with Gasteiger partial charge in [0.15, 0.2) is 15.7 Å². The zero-order valence-electron chi connectivity index (χ0n) is 21.8. The third-order valence-corrected chi connectivity index (χ3v) is 9.00. The molecule has 3 aliphatic rings. The molecule has 3 N–H and O–H groups in total. The van der Waals surface area contributed by atoms with E-state index < -0.39 is 27.8 Å². The van der Waals surface area contributed by atoms with Crippen LogP contribution in [0, 0.1) is 0 Å². The fraction of sp³-hybridized carbons (Fsp3) is 0.286. The first-order valence-corrected chi connectivity index (χ1v) is 15.4. The molecule has 2 unspecified atom stereocenters. The minimum absolute atomic E-state index is 0.0152. The summed E-state index contributed by atoms with van der Waals surface area (Å²) in [6.45, 7) is 0.552. The van der Waals surface area contributed by atoms with Crippen LogP contribution in [0.3, 0.4) is 0 Å². The van der Waals surface area contributed by atoms with Crippen LogP contribution in [0.2, 0.25) is 10.0 Å². The molecule has 0 bridgehead atoms. The van der Waals surface area contributed by atoms with Crippen molar-refractivity contribution in [2.45, 2.75) is 42.4 Å². The Morgan fingerprint density at radius 1 is 1.20 bits per heavy atom. The van der Waals surface area contributed by atoms with Crippen molar-refractivity contribution < 1.29 is 27.9 Å². The highest BCUT2D eigenvalue weighted by atomic mass is 35.5. The summed E-state index contributed by atoms with van der Waals surface area (Å²) in [5, 5.41) is 15.5. The van der Waals surface area contributed by atoms with Crippen molar-refractivity contribution in [3.8, 4) is 0 Å². The molecule has 2 aromatic rings. The lowest BCUT2D eigenvalue weighted by Crippen LogP contribution is -2.46. The molecule has 214 valence electrons. The number of halogens is 2. The summed E-state index contributed by atoms with van der Waals surface area (Å²) in [5.41, 5.74) is 1.69. The molecule has 1 aliphatic carbocycles. The third kappa shape index (κ3) is 6.02. The summed E-state index contributed by atoms with van der Waals surface area (Å²) in [7, 11) is -3.50. The second kappa shape index (κ2) is 11.3. The molecule has 0 aromatic heterocycles.